The molecule has 1 unspecified atom stereocenters. The van der Waals surface area contributed by atoms with Gasteiger partial charge in [0.1, 0.15) is 0 Å². The molecule has 3 rings (SSSR count). The van der Waals surface area contributed by atoms with Crippen LogP contribution < -0.4 is 11.3 Å². The number of hydrazine groups is 1. The second kappa shape index (κ2) is 6.76. The van der Waals surface area contributed by atoms with Gasteiger partial charge in [0, 0.05) is 5.41 Å². The number of nitrogens with one attached hydrogen (secondary N) is 1. The topological polar surface area (TPSA) is 38.0 Å². The van der Waals surface area contributed by atoms with E-state index in [4.69, 9.17) is 5.84 Å². The molecule has 0 radical (unpaired) electrons. The van der Waals surface area contributed by atoms with E-state index in [1.165, 1.54) is 63.4 Å². The Hall–Kier alpha value is -1.12. The van der Waals surface area contributed by atoms with E-state index in [-0.39, 0.29) is 5.41 Å². The summed E-state index contributed by atoms with van der Waals surface area (Å²) in [7, 11) is 0. The third kappa shape index (κ3) is 2.93. The first kappa shape index (κ1) is 14.8. The quantitative estimate of drug-likeness (QED) is 0.493. The molecule has 2 aliphatic carbocycles. The number of hydrogen-bond acceptors (Lipinski definition) is 2. The van der Waals surface area contributed by atoms with Crippen LogP contribution in [0.4, 0.5) is 0 Å². The normalized spacial score (nSPS) is 23.4. The van der Waals surface area contributed by atoms with Crippen molar-refractivity contribution >= 4 is 0 Å². The molecule has 0 aromatic heterocycles. The van der Waals surface area contributed by atoms with Crippen molar-refractivity contribution in [2.45, 2.75) is 69.2 Å². The highest BCUT2D eigenvalue weighted by Gasteiger charge is 2.43. The van der Waals surface area contributed by atoms with Crippen molar-refractivity contribution in [1.82, 2.24) is 5.43 Å². The van der Waals surface area contributed by atoms with Crippen molar-refractivity contribution in [3.63, 3.8) is 0 Å². The molecule has 0 amide bonds. The number of allylic oxidation sites excluding steroid dienone is 1. The maximum atomic E-state index is 6.07. The number of nitrogens with two attached hydrogens (primary N) is 1. The lowest BCUT2D eigenvalue weighted by molar-refractivity contribution is 0.325. The van der Waals surface area contributed by atoms with Gasteiger partial charge in [0.25, 0.3) is 0 Å². The first-order chi connectivity index (χ1) is 10.4. The van der Waals surface area contributed by atoms with Crippen LogP contribution in [-0.4, -0.2) is 6.04 Å². The molecule has 0 heterocycles. The van der Waals surface area contributed by atoms with Crippen molar-refractivity contribution in [3.05, 3.63) is 47.5 Å². The van der Waals surface area contributed by atoms with Gasteiger partial charge in [0.05, 0.1) is 6.04 Å². The summed E-state index contributed by atoms with van der Waals surface area (Å²) in [6, 6.07) is 11.4. The molecule has 1 aromatic rings. The molecule has 21 heavy (non-hydrogen) atoms. The minimum Gasteiger partial charge on any atom is -0.271 e. The van der Waals surface area contributed by atoms with Crippen LogP contribution in [-0.2, 0) is 5.41 Å². The summed E-state index contributed by atoms with van der Waals surface area (Å²) in [6.45, 7) is 0. The van der Waals surface area contributed by atoms with Gasteiger partial charge in [-0.2, -0.15) is 0 Å². The molecular formula is C19H28N2. The zero-order valence-corrected chi connectivity index (χ0v) is 13.0. The highest BCUT2D eigenvalue weighted by molar-refractivity contribution is 5.34. The van der Waals surface area contributed by atoms with Gasteiger partial charge in [-0.15, -0.1) is 0 Å². The molecule has 0 bridgehead atoms. The number of rotatable bonds is 4. The first-order valence-corrected chi connectivity index (χ1v) is 8.57. The maximum absolute atomic E-state index is 6.07. The predicted octanol–water partition coefficient (Wildman–Crippen LogP) is 4.22. The Morgan fingerprint density at radius 1 is 0.952 bits per heavy atom. The predicted molar refractivity (Wildman–Crippen MR) is 88.9 cm³/mol. The van der Waals surface area contributed by atoms with Crippen molar-refractivity contribution in [3.8, 4) is 0 Å². The van der Waals surface area contributed by atoms with Crippen LogP contribution >= 0.6 is 0 Å². The van der Waals surface area contributed by atoms with Crippen molar-refractivity contribution in [2.24, 2.45) is 5.84 Å². The third-order valence-electron chi connectivity index (χ3n) is 5.51. The molecule has 0 spiro atoms. The average Bonchev–Trinajstić information content (AvgIpc) is 2.87. The molecule has 3 N–H and O–H groups in total. The molecule has 1 saturated carbocycles. The van der Waals surface area contributed by atoms with Gasteiger partial charge in [0.2, 0.25) is 0 Å². The lowest BCUT2D eigenvalue weighted by Crippen LogP contribution is -2.51. The highest BCUT2D eigenvalue weighted by Crippen LogP contribution is 2.46. The van der Waals surface area contributed by atoms with E-state index in [0.717, 1.165) is 0 Å². The second-order valence-electron chi connectivity index (χ2n) is 6.71. The molecule has 1 aromatic carbocycles. The third-order valence-corrected chi connectivity index (χ3v) is 5.51. The van der Waals surface area contributed by atoms with Crippen LogP contribution in [0.1, 0.15) is 63.4 Å². The van der Waals surface area contributed by atoms with Gasteiger partial charge in [-0.05, 0) is 44.1 Å². The summed E-state index contributed by atoms with van der Waals surface area (Å²) in [5.74, 6) is 6.07. The summed E-state index contributed by atoms with van der Waals surface area (Å²) in [5.41, 5.74) is 6.44. The van der Waals surface area contributed by atoms with Crippen molar-refractivity contribution in [1.29, 1.82) is 0 Å². The van der Waals surface area contributed by atoms with E-state index >= 15 is 0 Å². The fraction of sp³-hybridized carbons (Fsp3) is 0.579. The van der Waals surface area contributed by atoms with Gasteiger partial charge in [-0.3, -0.25) is 11.3 Å². The molecule has 2 nitrogen and oxygen atoms in total. The molecule has 0 aliphatic heterocycles. The number of hydrogen-bond donors (Lipinski definition) is 2. The monoisotopic (exact) mass is 284 g/mol. The molecule has 2 aliphatic rings. The van der Waals surface area contributed by atoms with Gasteiger partial charge < -0.3 is 0 Å². The summed E-state index contributed by atoms with van der Waals surface area (Å²) >= 11 is 0. The van der Waals surface area contributed by atoms with Gasteiger partial charge >= 0.3 is 0 Å². The Balaban J connectivity index is 1.96. The van der Waals surface area contributed by atoms with E-state index in [1.54, 1.807) is 5.57 Å². The van der Waals surface area contributed by atoms with Gasteiger partial charge in [-0.25, -0.2) is 0 Å². The molecule has 1 fully saturated rings. The van der Waals surface area contributed by atoms with Gasteiger partial charge in [-0.1, -0.05) is 61.2 Å². The summed E-state index contributed by atoms with van der Waals surface area (Å²) in [4.78, 5) is 0. The maximum Gasteiger partial charge on any atom is 0.0516 e. The van der Waals surface area contributed by atoms with Crippen LogP contribution in [0.5, 0.6) is 0 Å². The molecule has 1 atom stereocenters. The Labute approximate surface area is 128 Å². The van der Waals surface area contributed by atoms with Crippen molar-refractivity contribution in [2.75, 3.05) is 0 Å². The van der Waals surface area contributed by atoms with Gasteiger partial charge in [0.15, 0.2) is 0 Å². The fourth-order valence-electron chi connectivity index (χ4n) is 4.44. The van der Waals surface area contributed by atoms with Crippen molar-refractivity contribution < 1.29 is 0 Å². The van der Waals surface area contributed by atoms with E-state index in [0.29, 0.717) is 6.04 Å². The van der Waals surface area contributed by atoms with E-state index < -0.39 is 0 Å². The largest absolute Gasteiger partial charge is 0.271 e. The lowest BCUT2D eigenvalue weighted by atomic mass is 9.69. The second-order valence-corrected chi connectivity index (χ2v) is 6.71. The Bertz CT molecular complexity index is 472. The molecule has 2 heteroatoms. The van der Waals surface area contributed by atoms with E-state index in [2.05, 4.69) is 41.8 Å². The average molecular weight is 284 g/mol. The zero-order valence-electron chi connectivity index (χ0n) is 13.0. The Morgan fingerprint density at radius 2 is 1.71 bits per heavy atom. The summed E-state index contributed by atoms with van der Waals surface area (Å²) in [5, 5.41) is 0. The zero-order chi connectivity index (χ0) is 14.5. The molecule has 0 saturated heterocycles. The molecular weight excluding hydrogens is 256 g/mol. The van der Waals surface area contributed by atoms with Crippen LogP contribution in [0.3, 0.4) is 0 Å². The smallest absolute Gasteiger partial charge is 0.0516 e. The van der Waals surface area contributed by atoms with Crippen LogP contribution in [0, 0.1) is 0 Å². The Kier molecular flexibility index (Phi) is 4.77. The summed E-state index contributed by atoms with van der Waals surface area (Å²) in [6.07, 6.45) is 14.1. The first-order valence-electron chi connectivity index (χ1n) is 8.57. The minimum atomic E-state index is 0.201. The van der Waals surface area contributed by atoms with Crippen LogP contribution in [0.25, 0.3) is 0 Å². The standard InChI is InChI=1S/C19H28N2/c20-21-18(16-10-4-1-2-5-11-16)19(14-8-9-15-19)17-12-6-3-7-13-17/h3,6-7,10,12-13,18,21H,1-2,4-5,8-9,11,14-15,20H2. The highest BCUT2D eigenvalue weighted by atomic mass is 15.2. The number of benzene rings is 1. The fourth-order valence-corrected chi connectivity index (χ4v) is 4.44. The van der Waals surface area contributed by atoms with Crippen LogP contribution in [0.2, 0.25) is 0 Å². The Morgan fingerprint density at radius 3 is 2.43 bits per heavy atom. The minimum absolute atomic E-state index is 0.201. The molecule has 114 valence electrons. The lowest BCUT2D eigenvalue weighted by Gasteiger charge is -2.39. The van der Waals surface area contributed by atoms with E-state index in [1.807, 2.05) is 0 Å². The van der Waals surface area contributed by atoms with E-state index in [9.17, 15) is 0 Å². The SMILES string of the molecule is NNC(C1=CCCCCC1)C1(c2ccccc2)CCCC1. The summed E-state index contributed by atoms with van der Waals surface area (Å²) < 4.78 is 0. The van der Waals surface area contributed by atoms with Crippen LogP contribution in [0.15, 0.2) is 42.0 Å².